The van der Waals surface area contributed by atoms with Crippen molar-refractivity contribution in [2.45, 2.75) is 6.42 Å². The zero-order valence-electron chi connectivity index (χ0n) is 12.1. The Balaban J connectivity index is 1.58. The van der Waals surface area contributed by atoms with Crippen molar-refractivity contribution in [1.29, 1.82) is 0 Å². The molecule has 2 rings (SSSR count). The highest BCUT2D eigenvalue weighted by atomic mass is 19.1. The Labute approximate surface area is 124 Å². The van der Waals surface area contributed by atoms with Crippen LogP contribution in [-0.2, 0) is 6.42 Å². The lowest BCUT2D eigenvalue weighted by molar-refractivity contribution is 0.313. The van der Waals surface area contributed by atoms with Crippen LogP contribution in [0.3, 0.4) is 0 Å². The summed E-state index contributed by atoms with van der Waals surface area (Å²) in [5.41, 5.74) is 1.12. The second-order valence-electron chi connectivity index (χ2n) is 4.65. The molecule has 0 amide bonds. The maximum absolute atomic E-state index is 12.7. The predicted molar refractivity (Wildman–Crippen MR) is 81.5 cm³/mol. The van der Waals surface area contributed by atoms with Crippen molar-refractivity contribution in [2.75, 3.05) is 26.8 Å². The fourth-order valence-corrected chi connectivity index (χ4v) is 1.92. The molecule has 0 radical (unpaired) electrons. The highest BCUT2D eigenvalue weighted by Gasteiger charge is 1.96. The third kappa shape index (κ3) is 5.44. The SMILES string of the molecule is COc1ccc(OCCNCCc2ccc(F)cc2)cc1. The summed E-state index contributed by atoms with van der Waals surface area (Å²) in [5.74, 6) is 1.45. The second-order valence-corrected chi connectivity index (χ2v) is 4.65. The van der Waals surface area contributed by atoms with Crippen LogP contribution in [0.15, 0.2) is 48.5 Å². The first-order valence-electron chi connectivity index (χ1n) is 7.00. The Morgan fingerprint density at radius 3 is 2.24 bits per heavy atom. The van der Waals surface area contributed by atoms with Crippen LogP contribution in [0.2, 0.25) is 0 Å². The minimum Gasteiger partial charge on any atom is -0.497 e. The molecule has 0 saturated carbocycles. The van der Waals surface area contributed by atoms with Crippen LogP contribution in [0.5, 0.6) is 11.5 Å². The van der Waals surface area contributed by atoms with E-state index < -0.39 is 0 Å². The van der Waals surface area contributed by atoms with Crippen molar-refractivity contribution in [1.82, 2.24) is 5.32 Å². The molecule has 0 spiro atoms. The first kappa shape index (κ1) is 15.3. The summed E-state index contributed by atoms with van der Waals surface area (Å²) in [4.78, 5) is 0. The van der Waals surface area contributed by atoms with Gasteiger partial charge in [-0.25, -0.2) is 4.39 Å². The van der Waals surface area contributed by atoms with E-state index in [1.165, 1.54) is 12.1 Å². The molecule has 0 aromatic heterocycles. The van der Waals surface area contributed by atoms with Crippen LogP contribution < -0.4 is 14.8 Å². The van der Waals surface area contributed by atoms with Gasteiger partial charge in [-0.3, -0.25) is 0 Å². The molecule has 0 atom stereocenters. The summed E-state index contributed by atoms with van der Waals surface area (Å²) in [5, 5.41) is 3.30. The van der Waals surface area contributed by atoms with Crippen LogP contribution >= 0.6 is 0 Å². The van der Waals surface area contributed by atoms with E-state index in [2.05, 4.69) is 5.32 Å². The normalized spacial score (nSPS) is 10.4. The van der Waals surface area contributed by atoms with Gasteiger partial charge in [0.2, 0.25) is 0 Å². The van der Waals surface area contributed by atoms with Crippen LogP contribution in [0.1, 0.15) is 5.56 Å². The Kier molecular flexibility index (Phi) is 6.03. The Morgan fingerprint density at radius 1 is 0.905 bits per heavy atom. The van der Waals surface area contributed by atoms with Gasteiger partial charge in [-0.2, -0.15) is 0 Å². The van der Waals surface area contributed by atoms with Gasteiger partial charge in [-0.15, -0.1) is 0 Å². The molecule has 0 aliphatic heterocycles. The van der Waals surface area contributed by atoms with Crippen molar-refractivity contribution >= 4 is 0 Å². The molecule has 112 valence electrons. The number of hydrogen-bond donors (Lipinski definition) is 1. The van der Waals surface area contributed by atoms with E-state index in [1.54, 1.807) is 7.11 Å². The maximum atomic E-state index is 12.7. The molecule has 0 fully saturated rings. The molecule has 0 unspecified atom stereocenters. The summed E-state index contributed by atoms with van der Waals surface area (Å²) < 4.78 is 23.4. The molecule has 21 heavy (non-hydrogen) atoms. The fraction of sp³-hybridized carbons (Fsp3) is 0.294. The summed E-state index contributed by atoms with van der Waals surface area (Å²) in [7, 11) is 1.64. The number of methoxy groups -OCH3 is 1. The van der Waals surface area contributed by atoms with E-state index in [1.807, 2.05) is 36.4 Å². The molecule has 3 nitrogen and oxygen atoms in total. The van der Waals surface area contributed by atoms with E-state index in [0.717, 1.165) is 36.6 Å². The molecule has 1 N–H and O–H groups in total. The van der Waals surface area contributed by atoms with Gasteiger partial charge in [-0.05, 0) is 54.9 Å². The standard InChI is InChI=1S/C17H20FNO2/c1-20-16-6-8-17(9-7-16)21-13-12-19-11-10-14-2-4-15(18)5-3-14/h2-9,19H,10-13H2,1H3. The number of nitrogens with one attached hydrogen (secondary N) is 1. The quantitative estimate of drug-likeness (QED) is 0.758. The van der Waals surface area contributed by atoms with Crippen molar-refractivity contribution in [3.63, 3.8) is 0 Å². The Bertz CT molecular complexity index is 525. The lowest BCUT2D eigenvalue weighted by Crippen LogP contribution is -2.23. The molecule has 0 bridgehead atoms. The molecule has 2 aromatic carbocycles. The van der Waals surface area contributed by atoms with E-state index in [4.69, 9.17) is 9.47 Å². The third-order valence-electron chi connectivity index (χ3n) is 3.11. The van der Waals surface area contributed by atoms with E-state index in [0.29, 0.717) is 6.61 Å². The van der Waals surface area contributed by atoms with Crippen molar-refractivity contribution in [3.8, 4) is 11.5 Å². The van der Waals surface area contributed by atoms with Gasteiger partial charge < -0.3 is 14.8 Å². The van der Waals surface area contributed by atoms with Gasteiger partial charge in [0.15, 0.2) is 0 Å². The van der Waals surface area contributed by atoms with E-state index in [9.17, 15) is 4.39 Å². The molecule has 4 heteroatoms. The summed E-state index contributed by atoms with van der Waals surface area (Å²) in [6.07, 6.45) is 0.878. The lowest BCUT2D eigenvalue weighted by Gasteiger charge is -2.08. The fourth-order valence-electron chi connectivity index (χ4n) is 1.92. The van der Waals surface area contributed by atoms with Crippen molar-refractivity contribution < 1.29 is 13.9 Å². The van der Waals surface area contributed by atoms with Gasteiger partial charge in [0.05, 0.1) is 7.11 Å². The van der Waals surface area contributed by atoms with Crippen molar-refractivity contribution in [2.24, 2.45) is 0 Å². The van der Waals surface area contributed by atoms with E-state index in [-0.39, 0.29) is 5.82 Å². The molecule has 0 aliphatic carbocycles. The summed E-state index contributed by atoms with van der Waals surface area (Å²) in [6.45, 7) is 2.22. The smallest absolute Gasteiger partial charge is 0.123 e. The number of hydrogen-bond acceptors (Lipinski definition) is 3. The summed E-state index contributed by atoms with van der Waals surface area (Å²) >= 11 is 0. The monoisotopic (exact) mass is 289 g/mol. The predicted octanol–water partition coefficient (Wildman–Crippen LogP) is 3.05. The van der Waals surface area contributed by atoms with Crippen LogP contribution in [0, 0.1) is 5.82 Å². The Morgan fingerprint density at radius 2 is 1.57 bits per heavy atom. The zero-order valence-corrected chi connectivity index (χ0v) is 12.1. The second kappa shape index (κ2) is 8.27. The molecule has 0 heterocycles. The molecule has 0 aliphatic rings. The first-order valence-corrected chi connectivity index (χ1v) is 7.00. The largest absolute Gasteiger partial charge is 0.497 e. The molecular weight excluding hydrogens is 269 g/mol. The average molecular weight is 289 g/mol. The lowest BCUT2D eigenvalue weighted by atomic mass is 10.1. The third-order valence-corrected chi connectivity index (χ3v) is 3.11. The number of benzene rings is 2. The number of rotatable bonds is 8. The maximum Gasteiger partial charge on any atom is 0.123 e. The minimum atomic E-state index is -0.195. The van der Waals surface area contributed by atoms with Gasteiger partial charge in [-0.1, -0.05) is 12.1 Å². The van der Waals surface area contributed by atoms with Gasteiger partial charge in [0.1, 0.15) is 23.9 Å². The van der Waals surface area contributed by atoms with E-state index >= 15 is 0 Å². The van der Waals surface area contributed by atoms with Crippen LogP contribution in [0.4, 0.5) is 4.39 Å². The molecule has 2 aromatic rings. The highest BCUT2D eigenvalue weighted by Crippen LogP contribution is 2.16. The van der Waals surface area contributed by atoms with Gasteiger partial charge in [0, 0.05) is 6.54 Å². The van der Waals surface area contributed by atoms with Gasteiger partial charge >= 0.3 is 0 Å². The number of ether oxygens (including phenoxy) is 2. The van der Waals surface area contributed by atoms with Crippen LogP contribution in [-0.4, -0.2) is 26.8 Å². The Hall–Kier alpha value is -2.07. The molecule has 0 saturated heterocycles. The first-order chi connectivity index (χ1) is 10.3. The topological polar surface area (TPSA) is 30.5 Å². The minimum absolute atomic E-state index is 0.195. The summed E-state index contributed by atoms with van der Waals surface area (Å²) in [6, 6.07) is 14.1. The van der Waals surface area contributed by atoms with Crippen LogP contribution in [0.25, 0.3) is 0 Å². The zero-order chi connectivity index (χ0) is 14.9. The van der Waals surface area contributed by atoms with Crippen molar-refractivity contribution in [3.05, 3.63) is 59.9 Å². The number of halogens is 1. The van der Waals surface area contributed by atoms with Gasteiger partial charge in [0.25, 0.3) is 0 Å². The average Bonchev–Trinajstić information content (AvgIpc) is 2.53. The molecular formula is C17H20FNO2. The highest BCUT2D eigenvalue weighted by molar-refractivity contribution is 5.31.